The molecule has 2 N–H and O–H groups in total. The first-order chi connectivity index (χ1) is 17.5. The standard InChI is InChI=1S/C24H25F2N7O2S/c1-2-27-23(34)31-24-30-21-19(26)16(12-17(22(21)36-24)20-18(25)4-3-5-28-20)15-13-29-33(14-15)7-6-32-8-10-35-11-9-32/h3-5,12-14H,2,6-11H2,1H3,(H2,27,30,31,34). The Kier molecular flexibility index (Phi) is 7.16. The number of benzene rings is 1. The second-order valence-corrected chi connectivity index (χ2v) is 9.25. The van der Waals surface area contributed by atoms with Crippen molar-refractivity contribution in [2.24, 2.45) is 0 Å². The van der Waals surface area contributed by atoms with E-state index in [2.05, 4.69) is 30.6 Å². The van der Waals surface area contributed by atoms with Gasteiger partial charge in [-0.3, -0.25) is 19.9 Å². The van der Waals surface area contributed by atoms with E-state index in [9.17, 15) is 9.18 Å². The summed E-state index contributed by atoms with van der Waals surface area (Å²) in [5, 5.41) is 9.83. The van der Waals surface area contributed by atoms with Crippen LogP contribution in [0.1, 0.15) is 6.92 Å². The largest absolute Gasteiger partial charge is 0.379 e. The predicted octanol–water partition coefficient (Wildman–Crippen LogP) is 3.97. The highest BCUT2D eigenvalue weighted by atomic mass is 32.1. The quantitative estimate of drug-likeness (QED) is 0.388. The number of thiazole rings is 1. The molecule has 0 unspecified atom stereocenters. The van der Waals surface area contributed by atoms with Crippen LogP contribution in [0, 0.1) is 11.6 Å². The maximum atomic E-state index is 15.8. The van der Waals surface area contributed by atoms with E-state index in [0.29, 0.717) is 42.1 Å². The minimum atomic E-state index is -0.571. The van der Waals surface area contributed by atoms with Gasteiger partial charge in [0.25, 0.3) is 0 Å². The van der Waals surface area contributed by atoms with Crippen molar-refractivity contribution in [3.63, 3.8) is 0 Å². The summed E-state index contributed by atoms with van der Waals surface area (Å²) in [4.78, 5) is 22.8. The molecule has 4 heterocycles. The number of nitrogens with one attached hydrogen (secondary N) is 2. The summed E-state index contributed by atoms with van der Waals surface area (Å²) in [6, 6.07) is 3.91. The Balaban J connectivity index is 1.53. The molecule has 0 spiro atoms. The molecule has 4 aromatic rings. The molecule has 3 aromatic heterocycles. The first-order valence-corrected chi connectivity index (χ1v) is 12.5. The third kappa shape index (κ3) is 5.06. The lowest BCUT2D eigenvalue weighted by Crippen LogP contribution is -2.38. The number of morpholine rings is 1. The lowest BCUT2D eigenvalue weighted by molar-refractivity contribution is 0.0360. The minimum Gasteiger partial charge on any atom is -0.379 e. The van der Waals surface area contributed by atoms with Crippen LogP contribution in [-0.4, -0.2) is 70.1 Å². The minimum absolute atomic E-state index is 0.0328. The zero-order valence-electron chi connectivity index (χ0n) is 19.6. The number of fused-ring (bicyclic) bond motifs is 1. The van der Waals surface area contributed by atoms with Gasteiger partial charge in [0, 0.05) is 55.3 Å². The average Bonchev–Trinajstić information content (AvgIpc) is 3.52. The van der Waals surface area contributed by atoms with Gasteiger partial charge in [0.05, 0.1) is 30.7 Å². The van der Waals surface area contributed by atoms with Gasteiger partial charge in [-0.1, -0.05) is 11.3 Å². The van der Waals surface area contributed by atoms with Crippen molar-refractivity contribution in [2.45, 2.75) is 13.5 Å². The van der Waals surface area contributed by atoms with Gasteiger partial charge in [-0.15, -0.1) is 0 Å². The Hall–Kier alpha value is -3.48. The molecule has 9 nitrogen and oxygen atoms in total. The molecule has 1 aliphatic rings. The Labute approximate surface area is 210 Å². The summed E-state index contributed by atoms with van der Waals surface area (Å²) in [6.07, 6.45) is 4.83. The number of anilines is 1. The van der Waals surface area contributed by atoms with Gasteiger partial charge in [0.1, 0.15) is 17.0 Å². The molecule has 5 rings (SSSR count). The van der Waals surface area contributed by atoms with Crippen LogP contribution in [0.15, 0.2) is 36.8 Å². The van der Waals surface area contributed by atoms with Crippen molar-refractivity contribution in [1.82, 2.24) is 30.0 Å². The molecule has 36 heavy (non-hydrogen) atoms. The Bertz CT molecular complexity index is 1380. The molecule has 2 amide bonds. The van der Waals surface area contributed by atoms with Crippen molar-refractivity contribution in [3.8, 4) is 22.4 Å². The van der Waals surface area contributed by atoms with Crippen molar-refractivity contribution in [3.05, 3.63) is 48.4 Å². The van der Waals surface area contributed by atoms with Crippen molar-refractivity contribution in [1.29, 1.82) is 0 Å². The van der Waals surface area contributed by atoms with Crippen LogP contribution in [0.25, 0.3) is 32.6 Å². The third-order valence-electron chi connectivity index (χ3n) is 5.87. The highest BCUT2D eigenvalue weighted by Gasteiger charge is 2.23. The second kappa shape index (κ2) is 10.6. The topological polar surface area (TPSA) is 97.2 Å². The number of rotatable bonds is 7. The smallest absolute Gasteiger partial charge is 0.321 e. The van der Waals surface area contributed by atoms with E-state index in [1.54, 1.807) is 30.1 Å². The predicted molar refractivity (Wildman–Crippen MR) is 134 cm³/mol. The van der Waals surface area contributed by atoms with E-state index < -0.39 is 17.7 Å². The third-order valence-corrected chi connectivity index (χ3v) is 6.87. The van der Waals surface area contributed by atoms with Crippen LogP contribution in [0.2, 0.25) is 0 Å². The van der Waals surface area contributed by atoms with Crippen molar-refractivity contribution in [2.75, 3.05) is 44.7 Å². The van der Waals surface area contributed by atoms with E-state index in [-0.39, 0.29) is 21.9 Å². The van der Waals surface area contributed by atoms with Crippen LogP contribution in [0.3, 0.4) is 0 Å². The molecular formula is C24H25F2N7O2S. The zero-order chi connectivity index (χ0) is 25.1. The normalized spacial score (nSPS) is 14.3. The van der Waals surface area contributed by atoms with E-state index in [1.165, 1.54) is 18.3 Å². The van der Waals surface area contributed by atoms with E-state index in [1.807, 2.05) is 0 Å². The van der Waals surface area contributed by atoms with Crippen LogP contribution in [0.4, 0.5) is 18.7 Å². The number of carbonyl (C=O) groups excluding carboxylic acids is 1. The Morgan fingerprint density at radius 2 is 2.06 bits per heavy atom. The lowest BCUT2D eigenvalue weighted by Gasteiger charge is -2.26. The number of nitrogens with zero attached hydrogens (tertiary/aromatic N) is 5. The Morgan fingerprint density at radius 1 is 1.22 bits per heavy atom. The van der Waals surface area contributed by atoms with Gasteiger partial charge in [-0.2, -0.15) is 5.10 Å². The van der Waals surface area contributed by atoms with Gasteiger partial charge < -0.3 is 10.1 Å². The van der Waals surface area contributed by atoms with E-state index in [4.69, 9.17) is 4.74 Å². The number of pyridine rings is 1. The lowest BCUT2D eigenvalue weighted by atomic mass is 10.0. The molecule has 1 aliphatic heterocycles. The summed E-state index contributed by atoms with van der Waals surface area (Å²) in [6.45, 7) is 6.83. The summed E-state index contributed by atoms with van der Waals surface area (Å²) in [5.74, 6) is -1.11. The van der Waals surface area contributed by atoms with Crippen molar-refractivity contribution < 1.29 is 18.3 Å². The Morgan fingerprint density at radius 3 is 2.83 bits per heavy atom. The molecular weight excluding hydrogens is 488 g/mol. The highest BCUT2D eigenvalue weighted by molar-refractivity contribution is 7.22. The maximum absolute atomic E-state index is 15.8. The zero-order valence-corrected chi connectivity index (χ0v) is 20.4. The van der Waals surface area contributed by atoms with Crippen molar-refractivity contribution >= 4 is 32.7 Å². The molecule has 0 atom stereocenters. The number of hydrogen-bond donors (Lipinski definition) is 2. The number of hydrogen-bond acceptors (Lipinski definition) is 7. The van der Waals surface area contributed by atoms with E-state index >= 15 is 4.39 Å². The molecule has 0 aliphatic carbocycles. The molecule has 0 saturated carbocycles. The fraction of sp³-hybridized carbons (Fsp3) is 0.333. The number of ether oxygens (including phenoxy) is 1. The second-order valence-electron chi connectivity index (χ2n) is 8.25. The number of urea groups is 1. The van der Waals surface area contributed by atoms with Gasteiger partial charge >= 0.3 is 6.03 Å². The molecule has 0 radical (unpaired) electrons. The fourth-order valence-electron chi connectivity index (χ4n) is 4.07. The van der Waals surface area contributed by atoms with E-state index in [0.717, 1.165) is 31.0 Å². The van der Waals surface area contributed by atoms with Crippen LogP contribution < -0.4 is 10.6 Å². The summed E-state index contributed by atoms with van der Waals surface area (Å²) in [7, 11) is 0. The summed E-state index contributed by atoms with van der Waals surface area (Å²) < 4.78 is 38.1. The molecule has 1 saturated heterocycles. The van der Waals surface area contributed by atoms with Gasteiger partial charge in [-0.05, 0) is 25.1 Å². The fourth-order valence-corrected chi connectivity index (χ4v) is 5.04. The summed E-state index contributed by atoms with van der Waals surface area (Å²) in [5.41, 5.74) is 1.28. The highest BCUT2D eigenvalue weighted by Crippen LogP contribution is 2.41. The first kappa shape index (κ1) is 24.2. The van der Waals surface area contributed by atoms with Crippen LogP contribution >= 0.6 is 11.3 Å². The molecule has 1 aromatic carbocycles. The first-order valence-electron chi connectivity index (χ1n) is 11.6. The molecule has 0 bridgehead atoms. The van der Waals surface area contributed by atoms with Gasteiger partial charge in [-0.25, -0.2) is 18.6 Å². The number of halogens is 2. The number of aromatic nitrogens is 4. The number of carbonyl (C=O) groups is 1. The monoisotopic (exact) mass is 513 g/mol. The molecule has 188 valence electrons. The number of amides is 2. The summed E-state index contributed by atoms with van der Waals surface area (Å²) >= 11 is 1.06. The van der Waals surface area contributed by atoms with Gasteiger partial charge in [0.2, 0.25) is 0 Å². The van der Waals surface area contributed by atoms with Crippen LogP contribution in [-0.2, 0) is 11.3 Å². The van der Waals surface area contributed by atoms with Crippen LogP contribution in [0.5, 0.6) is 0 Å². The molecule has 12 heteroatoms. The average molecular weight is 514 g/mol. The van der Waals surface area contributed by atoms with Gasteiger partial charge in [0.15, 0.2) is 10.9 Å². The maximum Gasteiger partial charge on any atom is 0.321 e. The molecule has 1 fully saturated rings. The SMILES string of the molecule is CCNC(=O)Nc1nc2c(F)c(-c3cnn(CCN4CCOCC4)c3)cc(-c3ncccc3F)c2s1.